The van der Waals surface area contributed by atoms with Crippen LogP contribution in [-0.4, -0.2) is 50.4 Å². The number of nitrogens with one attached hydrogen (secondary N) is 1. The number of ether oxygens (including phenoxy) is 1. The zero-order chi connectivity index (χ0) is 34.8. The molecule has 0 aliphatic heterocycles. The van der Waals surface area contributed by atoms with Gasteiger partial charge in [0, 0.05) is 23.5 Å². The van der Waals surface area contributed by atoms with Crippen molar-refractivity contribution in [1.29, 1.82) is 0 Å². The number of sulfonamides is 1. The first-order valence-corrected chi connectivity index (χ1v) is 19.1. The molecule has 258 valence electrons. The van der Waals surface area contributed by atoms with Crippen molar-refractivity contribution in [1.82, 2.24) is 10.2 Å². The fourth-order valence-corrected chi connectivity index (χ4v) is 7.89. The van der Waals surface area contributed by atoms with Crippen LogP contribution in [0.1, 0.15) is 55.7 Å². The molecule has 2 amide bonds. The van der Waals surface area contributed by atoms with Crippen molar-refractivity contribution < 1.29 is 22.7 Å². The molecular formula is C39H44BrN3O5S. The molecule has 1 aliphatic rings. The second kappa shape index (κ2) is 17.0. The molecule has 10 heteroatoms. The van der Waals surface area contributed by atoms with Gasteiger partial charge in [0.25, 0.3) is 10.0 Å². The number of nitrogens with zero attached hydrogens (tertiary/aromatic N) is 2. The largest absolute Gasteiger partial charge is 0.494 e. The van der Waals surface area contributed by atoms with Crippen LogP contribution in [0.25, 0.3) is 0 Å². The van der Waals surface area contributed by atoms with Gasteiger partial charge in [-0.25, -0.2) is 8.42 Å². The van der Waals surface area contributed by atoms with Gasteiger partial charge in [-0.05, 0) is 91.9 Å². The number of hydrogen-bond acceptors (Lipinski definition) is 5. The summed E-state index contributed by atoms with van der Waals surface area (Å²) < 4.78 is 36.1. The molecule has 0 heterocycles. The Morgan fingerprint density at radius 3 is 2.18 bits per heavy atom. The van der Waals surface area contributed by atoms with E-state index in [1.54, 1.807) is 41.3 Å². The first-order chi connectivity index (χ1) is 23.7. The fraction of sp³-hybridized carbons (Fsp3) is 0.333. The van der Waals surface area contributed by atoms with E-state index in [-0.39, 0.29) is 29.8 Å². The Morgan fingerprint density at radius 1 is 0.878 bits per heavy atom. The number of amides is 2. The van der Waals surface area contributed by atoms with Gasteiger partial charge in [0.05, 0.1) is 17.2 Å². The third-order valence-corrected chi connectivity index (χ3v) is 11.3. The summed E-state index contributed by atoms with van der Waals surface area (Å²) in [5.41, 5.74) is 3.06. The zero-order valence-electron chi connectivity index (χ0n) is 28.1. The summed E-state index contributed by atoms with van der Waals surface area (Å²) in [5, 5.41) is 3.26. The minimum absolute atomic E-state index is 0.0353. The Hall–Kier alpha value is -4.15. The molecule has 1 unspecified atom stereocenters. The van der Waals surface area contributed by atoms with E-state index < -0.39 is 28.5 Å². The third kappa shape index (κ3) is 9.51. The molecule has 0 bridgehead atoms. The molecule has 1 aliphatic carbocycles. The second-order valence-electron chi connectivity index (χ2n) is 12.4. The van der Waals surface area contributed by atoms with Gasteiger partial charge in [-0.1, -0.05) is 89.8 Å². The highest BCUT2D eigenvalue weighted by atomic mass is 79.9. The predicted molar refractivity (Wildman–Crippen MR) is 197 cm³/mol. The summed E-state index contributed by atoms with van der Waals surface area (Å²) in [6, 6.07) is 29.5. The lowest BCUT2D eigenvalue weighted by Crippen LogP contribution is -2.55. The number of carbonyl (C=O) groups is 2. The number of hydrogen-bond donors (Lipinski definition) is 1. The van der Waals surface area contributed by atoms with Gasteiger partial charge in [-0.2, -0.15) is 0 Å². The molecule has 0 radical (unpaired) electrons. The minimum atomic E-state index is -4.21. The number of rotatable bonds is 14. The van der Waals surface area contributed by atoms with Crippen LogP contribution in [0.3, 0.4) is 0 Å². The highest BCUT2D eigenvalue weighted by Gasteiger charge is 2.35. The Bertz CT molecular complexity index is 1790. The van der Waals surface area contributed by atoms with Gasteiger partial charge >= 0.3 is 0 Å². The van der Waals surface area contributed by atoms with E-state index in [1.165, 1.54) is 12.1 Å². The lowest BCUT2D eigenvalue weighted by atomic mass is 9.94. The topological polar surface area (TPSA) is 96.0 Å². The quantitative estimate of drug-likeness (QED) is 0.145. The predicted octanol–water partition coefficient (Wildman–Crippen LogP) is 7.44. The first kappa shape index (κ1) is 36.1. The Morgan fingerprint density at radius 2 is 1.53 bits per heavy atom. The van der Waals surface area contributed by atoms with Crippen molar-refractivity contribution in [3.63, 3.8) is 0 Å². The molecule has 1 saturated carbocycles. The number of carbonyl (C=O) groups excluding carboxylic acids is 2. The first-order valence-electron chi connectivity index (χ1n) is 16.8. The number of benzene rings is 4. The summed E-state index contributed by atoms with van der Waals surface area (Å²) in [5.74, 6) is -0.138. The Labute approximate surface area is 298 Å². The maximum Gasteiger partial charge on any atom is 0.264 e. The van der Waals surface area contributed by atoms with Gasteiger partial charge in [0.1, 0.15) is 18.3 Å². The van der Waals surface area contributed by atoms with Crippen molar-refractivity contribution in [2.24, 2.45) is 0 Å². The van der Waals surface area contributed by atoms with Gasteiger partial charge < -0.3 is 15.0 Å². The number of aryl methyl sites for hydroxylation is 1. The molecule has 0 saturated heterocycles. The fourth-order valence-electron chi connectivity index (χ4n) is 6.21. The van der Waals surface area contributed by atoms with Crippen molar-refractivity contribution in [2.45, 2.75) is 75.9 Å². The van der Waals surface area contributed by atoms with Crippen molar-refractivity contribution in [3.05, 3.63) is 124 Å². The zero-order valence-corrected chi connectivity index (χ0v) is 30.5. The van der Waals surface area contributed by atoms with E-state index >= 15 is 0 Å². The van der Waals surface area contributed by atoms with Crippen LogP contribution in [0, 0.1) is 6.92 Å². The maximum atomic E-state index is 14.8. The number of anilines is 1. The summed E-state index contributed by atoms with van der Waals surface area (Å²) in [7, 11) is -4.21. The highest BCUT2D eigenvalue weighted by molar-refractivity contribution is 9.10. The smallest absolute Gasteiger partial charge is 0.264 e. The average Bonchev–Trinajstić information content (AvgIpc) is 3.11. The molecule has 5 rings (SSSR count). The summed E-state index contributed by atoms with van der Waals surface area (Å²) >= 11 is 3.38. The van der Waals surface area contributed by atoms with Crippen molar-refractivity contribution in [2.75, 3.05) is 17.5 Å². The van der Waals surface area contributed by atoms with Crippen LogP contribution in [0.4, 0.5) is 5.69 Å². The van der Waals surface area contributed by atoms with Gasteiger partial charge in [-0.3, -0.25) is 13.9 Å². The van der Waals surface area contributed by atoms with Crippen molar-refractivity contribution >= 4 is 43.5 Å². The van der Waals surface area contributed by atoms with Gasteiger partial charge in [0.15, 0.2) is 0 Å². The SMILES string of the molecule is CCOc1ccc(N(CC(=O)N(Cc2ccccc2C)C(Cc2ccccc2)C(=O)NC2CCCCC2)S(=O)(=O)c2ccc(Br)cc2)cc1. The summed E-state index contributed by atoms with van der Waals surface area (Å²) in [4.78, 5) is 30.7. The molecule has 1 fully saturated rings. The van der Waals surface area contributed by atoms with Crippen LogP contribution in [-0.2, 0) is 32.6 Å². The van der Waals surface area contributed by atoms with Crippen LogP contribution < -0.4 is 14.4 Å². The van der Waals surface area contributed by atoms with Crippen LogP contribution in [0.15, 0.2) is 112 Å². The van der Waals surface area contributed by atoms with E-state index in [2.05, 4.69) is 21.2 Å². The molecule has 49 heavy (non-hydrogen) atoms. The second-order valence-corrected chi connectivity index (χ2v) is 15.2. The molecule has 4 aromatic rings. The molecule has 0 spiro atoms. The molecule has 0 aromatic heterocycles. The van der Waals surface area contributed by atoms with Crippen molar-refractivity contribution in [3.8, 4) is 5.75 Å². The summed E-state index contributed by atoms with van der Waals surface area (Å²) in [6.07, 6.45) is 5.31. The van der Waals surface area contributed by atoms with E-state index in [0.29, 0.717) is 18.0 Å². The summed E-state index contributed by atoms with van der Waals surface area (Å²) in [6.45, 7) is 3.92. The molecule has 1 atom stereocenters. The van der Waals surface area contributed by atoms with E-state index in [9.17, 15) is 18.0 Å². The molecule has 8 nitrogen and oxygen atoms in total. The minimum Gasteiger partial charge on any atom is -0.494 e. The van der Waals surface area contributed by atoms with Gasteiger partial charge in [-0.15, -0.1) is 0 Å². The Kier molecular flexibility index (Phi) is 12.5. The maximum absolute atomic E-state index is 14.8. The lowest BCUT2D eigenvalue weighted by molar-refractivity contribution is -0.140. The van der Waals surface area contributed by atoms with Crippen LogP contribution in [0.5, 0.6) is 5.75 Å². The monoisotopic (exact) mass is 745 g/mol. The van der Waals surface area contributed by atoms with Gasteiger partial charge in [0.2, 0.25) is 11.8 Å². The van der Waals surface area contributed by atoms with Crippen LogP contribution >= 0.6 is 15.9 Å². The highest BCUT2D eigenvalue weighted by Crippen LogP contribution is 2.28. The van der Waals surface area contributed by atoms with E-state index in [4.69, 9.17) is 4.74 Å². The molecule has 4 aromatic carbocycles. The third-order valence-electron chi connectivity index (χ3n) is 8.94. The van der Waals surface area contributed by atoms with E-state index in [1.807, 2.05) is 68.4 Å². The Balaban J connectivity index is 1.57. The number of halogens is 1. The average molecular weight is 747 g/mol. The molecular weight excluding hydrogens is 702 g/mol. The normalized spacial score (nSPS) is 14.1. The molecule has 1 N–H and O–H groups in total. The lowest BCUT2D eigenvalue weighted by Gasteiger charge is -2.35. The van der Waals surface area contributed by atoms with Crippen LogP contribution in [0.2, 0.25) is 0 Å². The van der Waals surface area contributed by atoms with E-state index in [0.717, 1.165) is 57.6 Å². The standard InChI is InChI=1S/C39H44BrN3O5S/c1-3-48-35-22-20-34(21-23-35)43(49(46,47)36-24-18-32(40)19-25-36)28-38(44)42(27-31-15-11-10-12-29(31)2)37(26-30-13-6-4-7-14-30)39(45)41-33-16-8-5-9-17-33/h4,6-7,10-15,18-25,33,37H,3,5,8-9,16-17,26-28H2,1-2H3,(H,41,45).